The molecule has 0 aliphatic heterocycles. The summed E-state index contributed by atoms with van der Waals surface area (Å²) in [6.45, 7) is 4.75. The zero-order chi connectivity index (χ0) is 15.2. The molecule has 0 fully saturated rings. The Labute approximate surface area is 129 Å². The van der Waals surface area contributed by atoms with Gasteiger partial charge in [-0.3, -0.25) is 4.79 Å². The number of ketones is 1. The van der Waals surface area contributed by atoms with Crippen molar-refractivity contribution in [1.82, 2.24) is 0 Å². The molecule has 0 saturated heterocycles. The molecule has 0 atom stereocenters. The van der Waals surface area contributed by atoms with Crippen molar-refractivity contribution in [1.29, 1.82) is 0 Å². The lowest BCUT2D eigenvalue weighted by Gasteiger charge is -2.13. The maximum atomic E-state index is 12.5. The topological polar surface area (TPSA) is 35.5 Å². The predicted molar refractivity (Wildman–Crippen MR) is 83.7 cm³/mol. The van der Waals surface area contributed by atoms with E-state index in [1.54, 1.807) is 24.3 Å². The summed E-state index contributed by atoms with van der Waals surface area (Å²) in [7, 11) is 0. The molecular weight excluding hydrogens is 288 g/mol. The number of benzene rings is 2. The Morgan fingerprint density at radius 1 is 1.00 bits per heavy atom. The van der Waals surface area contributed by atoms with Crippen molar-refractivity contribution in [2.24, 2.45) is 0 Å². The Balaban J connectivity index is 2.44. The molecule has 0 unspecified atom stereocenters. The fraction of sp³-hybridized carbons (Fsp3) is 0.235. The second kappa shape index (κ2) is 7.14. The molecule has 0 aliphatic rings. The van der Waals surface area contributed by atoms with Gasteiger partial charge in [-0.05, 0) is 19.9 Å². The van der Waals surface area contributed by atoms with Gasteiger partial charge >= 0.3 is 0 Å². The number of ether oxygens (including phenoxy) is 2. The van der Waals surface area contributed by atoms with Gasteiger partial charge in [0, 0.05) is 17.2 Å². The van der Waals surface area contributed by atoms with Crippen LogP contribution >= 0.6 is 11.6 Å². The zero-order valence-corrected chi connectivity index (χ0v) is 12.8. The van der Waals surface area contributed by atoms with Crippen molar-refractivity contribution < 1.29 is 14.3 Å². The van der Waals surface area contributed by atoms with E-state index in [1.165, 1.54) is 0 Å². The number of carbonyl (C=O) groups is 1. The summed E-state index contributed by atoms with van der Waals surface area (Å²) < 4.78 is 11.0. The van der Waals surface area contributed by atoms with Gasteiger partial charge in [-0.25, -0.2) is 0 Å². The van der Waals surface area contributed by atoms with E-state index >= 15 is 0 Å². The van der Waals surface area contributed by atoms with E-state index in [9.17, 15) is 4.79 Å². The van der Waals surface area contributed by atoms with Crippen LogP contribution in [-0.2, 0) is 0 Å². The molecule has 0 aliphatic carbocycles. The molecule has 0 radical (unpaired) electrons. The van der Waals surface area contributed by atoms with E-state index < -0.39 is 0 Å². The van der Waals surface area contributed by atoms with Crippen LogP contribution in [0.1, 0.15) is 29.8 Å². The molecule has 0 spiro atoms. The summed E-state index contributed by atoms with van der Waals surface area (Å²) in [5, 5.41) is 0.357. The maximum absolute atomic E-state index is 12.5. The van der Waals surface area contributed by atoms with Crippen LogP contribution in [0, 0.1) is 0 Å². The molecule has 21 heavy (non-hydrogen) atoms. The van der Waals surface area contributed by atoms with Crippen molar-refractivity contribution in [2.45, 2.75) is 13.8 Å². The third-order valence-corrected chi connectivity index (χ3v) is 3.23. The van der Waals surface area contributed by atoms with Gasteiger partial charge in [-0.2, -0.15) is 0 Å². The molecule has 0 aromatic heterocycles. The average Bonchev–Trinajstić information content (AvgIpc) is 2.50. The van der Waals surface area contributed by atoms with Gasteiger partial charge in [0.15, 0.2) is 17.3 Å². The predicted octanol–water partition coefficient (Wildman–Crippen LogP) is 4.37. The maximum Gasteiger partial charge on any atom is 0.194 e. The summed E-state index contributed by atoms with van der Waals surface area (Å²) >= 11 is 6.23. The smallest absolute Gasteiger partial charge is 0.194 e. The minimum atomic E-state index is -0.135. The van der Waals surface area contributed by atoms with Crippen LogP contribution in [0.5, 0.6) is 11.5 Å². The first-order valence-corrected chi connectivity index (χ1v) is 7.24. The van der Waals surface area contributed by atoms with Crippen LogP contribution < -0.4 is 9.47 Å². The molecular formula is C17H17ClO3. The standard InChI is InChI=1S/C17H17ClO3/c1-3-20-15-10-13(14(18)11-16(15)21-4-2)17(19)12-8-6-5-7-9-12/h5-11H,3-4H2,1-2H3. The van der Waals surface area contributed by atoms with Gasteiger partial charge in [-0.1, -0.05) is 41.9 Å². The Hall–Kier alpha value is -2.00. The first kappa shape index (κ1) is 15.4. The van der Waals surface area contributed by atoms with Gasteiger partial charge in [0.25, 0.3) is 0 Å². The van der Waals surface area contributed by atoms with E-state index in [0.717, 1.165) is 0 Å². The van der Waals surface area contributed by atoms with Crippen LogP contribution in [0.25, 0.3) is 0 Å². The monoisotopic (exact) mass is 304 g/mol. The summed E-state index contributed by atoms with van der Waals surface area (Å²) in [4.78, 5) is 12.5. The molecule has 0 N–H and O–H groups in total. The van der Waals surface area contributed by atoms with Crippen molar-refractivity contribution in [2.75, 3.05) is 13.2 Å². The first-order chi connectivity index (χ1) is 10.2. The fourth-order valence-corrected chi connectivity index (χ4v) is 2.23. The molecule has 2 aromatic rings. The quantitative estimate of drug-likeness (QED) is 0.743. The van der Waals surface area contributed by atoms with Crippen LogP contribution in [0.3, 0.4) is 0 Å². The lowest BCUT2D eigenvalue weighted by Crippen LogP contribution is -2.05. The van der Waals surface area contributed by atoms with Crippen LogP contribution in [0.15, 0.2) is 42.5 Å². The SMILES string of the molecule is CCOc1cc(Cl)c(C(=O)c2ccccc2)cc1OCC. The summed E-state index contributed by atoms with van der Waals surface area (Å²) in [5.74, 6) is 0.946. The van der Waals surface area contributed by atoms with Crippen molar-refractivity contribution in [3.63, 3.8) is 0 Å². The Bertz CT molecular complexity index is 623. The van der Waals surface area contributed by atoms with Gasteiger partial charge in [0.2, 0.25) is 0 Å². The average molecular weight is 305 g/mol. The molecule has 2 rings (SSSR count). The minimum absolute atomic E-state index is 0.135. The lowest BCUT2D eigenvalue weighted by molar-refractivity contribution is 0.103. The number of hydrogen-bond donors (Lipinski definition) is 0. The van der Waals surface area contributed by atoms with E-state index in [1.807, 2.05) is 32.0 Å². The summed E-state index contributed by atoms with van der Waals surface area (Å²) in [5.41, 5.74) is 1.00. The zero-order valence-electron chi connectivity index (χ0n) is 12.1. The minimum Gasteiger partial charge on any atom is -0.490 e. The normalized spacial score (nSPS) is 10.2. The fourth-order valence-electron chi connectivity index (χ4n) is 1.99. The Morgan fingerprint density at radius 2 is 1.57 bits per heavy atom. The van der Waals surface area contributed by atoms with E-state index in [4.69, 9.17) is 21.1 Å². The van der Waals surface area contributed by atoms with E-state index in [0.29, 0.717) is 40.9 Å². The highest BCUT2D eigenvalue weighted by atomic mass is 35.5. The molecule has 0 bridgehead atoms. The summed E-state index contributed by atoms with van der Waals surface area (Å²) in [6, 6.07) is 12.3. The molecule has 0 heterocycles. The Kier molecular flexibility index (Phi) is 5.23. The van der Waals surface area contributed by atoms with Crippen molar-refractivity contribution in [3.8, 4) is 11.5 Å². The molecule has 0 saturated carbocycles. The first-order valence-electron chi connectivity index (χ1n) is 6.86. The number of hydrogen-bond acceptors (Lipinski definition) is 3. The second-order valence-corrected chi connectivity index (χ2v) is 4.75. The van der Waals surface area contributed by atoms with Crippen LogP contribution in [-0.4, -0.2) is 19.0 Å². The third kappa shape index (κ3) is 3.56. The molecule has 3 nitrogen and oxygen atoms in total. The number of rotatable bonds is 6. The van der Waals surface area contributed by atoms with Gasteiger partial charge in [0.1, 0.15) is 0 Å². The highest BCUT2D eigenvalue weighted by Gasteiger charge is 2.17. The van der Waals surface area contributed by atoms with Crippen LogP contribution in [0.4, 0.5) is 0 Å². The van der Waals surface area contributed by atoms with Gasteiger partial charge in [0.05, 0.1) is 18.2 Å². The van der Waals surface area contributed by atoms with Crippen LogP contribution in [0.2, 0.25) is 5.02 Å². The summed E-state index contributed by atoms with van der Waals surface area (Å²) in [6.07, 6.45) is 0. The van der Waals surface area contributed by atoms with E-state index in [-0.39, 0.29) is 5.78 Å². The molecule has 4 heteroatoms. The largest absolute Gasteiger partial charge is 0.490 e. The molecule has 0 amide bonds. The highest BCUT2D eigenvalue weighted by Crippen LogP contribution is 2.34. The molecule has 2 aromatic carbocycles. The van der Waals surface area contributed by atoms with Crippen molar-refractivity contribution in [3.05, 3.63) is 58.6 Å². The van der Waals surface area contributed by atoms with Gasteiger partial charge in [-0.15, -0.1) is 0 Å². The second-order valence-electron chi connectivity index (χ2n) is 4.34. The van der Waals surface area contributed by atoms with E-state index in [2.05, 4.69) is 0 Å². The van der Waals surface area contributed by atoms with Crippen molar-refractivity contribution >= 4 is 17.4 Å². The Morgan fingerprint density at radius 3 is 2.14 bits per heavy atom. The number of halogens is 1. The van der Waals surface area contributed by atoms with Gasteiger partial charge < -0.3 is 9.47 Å². The molecule has 110 valence electrons. The highest BCUT2D eigenvalue weighted by molar-refractivity contribution is 6.35. The third-order valence-electron chi connectivity index (χ3n) is 2.91. The number of carbonyl (C=O) groups excluding carboxylic acids is 1. The lowest BCUT2D eigenvalue weighted by atomic mass is 10.0.